The van der Waals surface area contributed by atoms with Crippen molar-refractivity contribution < 1.29 is 4.21 Å². The zero-order valence-corrected chi connectivity index (χ0v) is 6.32. The standard InChI is InChI=1S/C6H13NOS/c1-2-3-5-9(8)6-4-7/h2H,1,3-7H2. The van der Waals surface area contributed by atoms with E-state index in [9.17, 15) is 4.21 Å². The SMILES string of the molecule is C=CCCS(=O)CCN. The zero-order chi connectivity index (χ0) is 7.11. The first-order valence-electron chi connectivity index (χ1n) is 2.97. The summed E-state index contributed by atoms with van der Waals surface area (Å²) in [7, 11) is -0.716. The Bertz CT molecular complexity index is 103. The van der Waals surface area contributed by atoms with Crippen molar-refractivity contribution in [2.24, 2.45) is 5.73 Å². The van der Waals surface area contributed by atoms with Gasteiger partial charge in [-0.1, -0.05) is 6.08 Å². The van der Waals surface area contributed by atoms with E-state index in [1.54, 1.807) is 6.08 Å². The molecule has 0 aliphatic rings. The lowest BCUT2D eigenvalue weighted by Crippen LogP contribution is -2.12. The molecule has 0 aliphatic carbocycles. The maximum Gasteiger partial charge on any atom is 0.0357 e. The molecular weight excluding hydrogens is 134 g/mol. The van der Waals surface area contributed by atoms with Gasteiger partial charge >= 0.3 is 0 Å². The van der Waals surface area contributed by atoms with Crippen molar-refractivity contribution in [2.45, 2.75) is 6.42 Å². The first-order valence-corrected chi connectivity index (χ1v) is 4.46. The molecule has 0 saturated heterocycles. The van der Waals surface area contributed by atoms with E-state index in [1.165, 1.54) is 0 Å². The molecular formula is C6H13NOS. The van der Waals surface area contributed by atoms with Crippen molar-refractivity contribution in [1.29, 1.82) is 0 Å². The lowest BCUT2D eigenvalue weighted by atomic mass is 10.5. The molecule has 0 radical (unpaired) electrons. The van der Waals surface area contributed by atoms with Crippen LogP contribution in [0.3, 0.4) is 0 Å². The Morgan fingerprint density at radius 3 is 2.67 bits per heavy atom. The molecule has 0 saturated carbocycles. The number of hydrogen-bond acceptors (Lipinski definition) is 2. The van der Waals surface area contributed by atoms with Crippen LogP contribution in [0.15, 0.2) is 12.7 Å². The van der Waals surface area contributed by atoms with Crippen LogP contribution in [0.25, 0.3) is 0 Å². The van der Waals surface area contributed by atoms with Crippen molar-refractivity contribution in [3.63, 3.8) is 0 Å². The molecule has 0 bridgehead atoms. The third-order valence-electron chi connectivity index (χ3n) is 0.895. The summed E-state index contributed by atoms with van der Waals surface area (Å²) in [6.45, 7) is 4.04. The number of allylic oxidation sites excluding steroid dienone is 1. The van der Waals surface area contributed by atoms with Crippen LogP contribution in [-0.4, -0.2) is 22.3 Å². The van der Waals surface area contributed by atoms with Gasteiger partial charge in [0.2, 0.25) is 0 Å². The lowest BCUT2D eigenvalue weighted by molar-refractivity contribution is 0.682. The number of nitrogens with two attached hydrogens (primary N) is 1. The fourth-order valence-electron chi connectivity index (χ4n) is 0.448. The summed E-state index contributed by atoms with van der Waals surface area (Å²) in [5.74, 6) is 1.33. The molecule has 9 heavy (non-hydrogen) atoms. The lowest BCUT2D eigenvalue weighted by Gasteiger charge is -1.94. The number of rotatable bonds is 5. The van der Waals surface area contributed by atoms with Crippen molar-refractivity contribution in [1.82, 2.24) is 0 Å². The summed E-state index contributed by atoms with van der Waals surface area (Å²) in [5, 5.41) is 0. The quantitative estimate of drug-likeness (QED) is 0.567. The summed E-state index contributed by atoms with van der Waals surface area (Å²) in [4.78, 5) is 0. The smallest absolute Gasteiger partial charge is 0.0357 e. The molecule has 1 atom stereocenters. The minimum Gasteiger partial charge on any atom is -0.330 e. The Balaban J connectivity index is 3.16. The largest absolute Gasteiger partial charge is 0.330 e. The van der Waals surface area contributed by atoms with Gasteiger partial charge in [0.05, 0.1) is 0 Å². The molecule has 0 fully saturated rings. The van der Waals surface area contributed by atoms with Crippen molar-refractivity contribution in [2.75, 3.05) is 18.1 Å². The second-order valence-electron chi connectivity index (χ2n) is 1.71. The van der Waals surface area contributed by atoms with Crippen LogP contribution < -0.4 is 5.73 Å². The second-order valence-corrected chi connectivity index (χ2v) is 3.41. The minimum absolute atomic E-state index is 0.518. The van der Waals surface area contributed by atoms with E-state index in [-0.39, 0.29) is 0 Å². The van der Waals surface area contributed by atoms with Crippen LogP contribution in [0.1, 0.15) is 6.42 Å². The summed E-state index contributed by atoms with van der Waals surface area (Å²) < 4.78 is 10.8. The highest BCUT2D eigenvalue weighted by molar-refractivity contribution is 7.84. The van der Waals surface area contributed by atoms with Crippen molar-refractivity contribution >= 4 is 10.8 Å². The Labute approximate surface area is 58.6 Å². The topological polar surface area (TPSA) is 43.1 Å². The van der Waals surface area contributed by atoms with Crippen LogP contribution in [0.4, 0.5) is 0 Å². The molecule has 0 aromatic carbocycles. The van der Waals surface area contributed by atoms with Gasteiger partial charge in [0.15, 0.2) is 0 Å². The highest BCUT2D eigenvalue weighted by atomic mass is 32.2. The van der Waals surface area contributed by atoms with E-state index < -0.39 is 10.8 Å². The molecule has 0 aliphatic heterocycles. The van der Waals surface area contributed by atoms with Gasteiger partial charge in [-0.05, 0) is 6.42 Å². The highest BCUT2D eigenvalue weighted by Crippen LogP contribution is 1.86. The summed E-state index contributed by atoms with van der Waals surface area (Å²) in [6.07, 6.45) is 2.60. The van der Waals surface area contributed by atoms with Gasteiger partial charge in [-0.15, -0.1) is 6.58 Å². The van der Waals surface area contributed by atoms with E-state index in [0.717, 1.165) is 6.42 Å². The van der Waals surface area contributed by atoms with Crippen LogP contribution >= 0.6 is 0 Å². The van der Waals surface area contributed by atoms with Gasteiger partial charge in [-0.3, -0.25) is 4.21 Å². The van der Waals surface area contributed by atoms with E-state index >= 15 is 0 Å². The first-order chi connectivity index (χ1) is 4.31. The van der Waals surface area contributed by atoms with Crippen LogP contribution in [0, 0.1) is 0 Å². The number of hydrogen-bond donors (Lipinski definition) is 1. The average molecular weight is 147 g/mol. The monoisotopic (exact) mass is 147 g/mol. The molecule has 54 valence electrons. The van der Waals surface area contributed by atoms with Gasteiger partial charge in [-0.25, -0.2) is 0 Å². The Morgan fingerprint density at radius 2 is 2.22 bits per heavy atom. The Morgan fingerprint density at radius 1 is 1.56 bits per heavy atom. The van der Waals surface area contributed by atoms with Crippen molar-refractivity contribution in [3.05, 3.63) is 12.7 Å². The molecule has 0 rings (SSSR count). The van der Waals surface area contributed by atoms with E-state index in [0.29, 0.717) is 18.1 Å². The van der Waals surface area contributed by atoms with Crippen LogP contribution in [0.2, 0.25) is 0 Å². The van der Waals surface area contributed by atoms with E-state index in [4.69, 9.17) is 5.73 Å². The van der Waals surface area contributed by atoms with Gasteiger partial charge in [0.25, 0.3) is 0 Å². The predicted molar refractivity (Wildman–Crippen MR) is 41.7 cm³/mol. The van der Waals surface area contributed by atoms with Crippen molar-refractivity contribution in [3.8, 4) is 0 Å². The maximum absolute atomic E-state index is 10.8. The normalized spacial score (nSPS) is 13.0. The molecule has 1 unspecified atom stereocenters. The molecule has 0 amide bonds. The first kappa shape index (κ1) is 8.85. The minimum atomic E-state index is -0.716. The summed E-state index contributed by atoms with van der Waals surface area (Å²) in [5.41, 5.74) is 5.18. The molecule has 0 aromatic heterocycles. The molecule has 2 nitrogen and oxygen atoms in total. The Kier molecular flexibility index (Phi) is 5.88. The van der Waals surface area contributed by atoms with Crippen LogP contribution in [-0.2, 0) is 10.8 Å². The van der Waals surface area contributed by atoms with E-state index in [2.05, 4.69) is 6.58 Å². The molecule has 0 heterocycles. The maximum atomic E-state index is 10.8. The van der Waals surface area contributed by atoms with Gasteiger partial charge in [-0.2, -0.15) is 0 Å². The molecule has 0 aromatic rings. The third-order valence-corrected chi connectivity index (χ3v) is 2.28. The van der Waals surface area contributed by atoms with Gasteiger partial charge in [0.1, 0.15) is 0 Å². The Hall–Kier alpha value is -0.150. The zero-order valence-electron chi connectivity index (χ0n) is 5.51. The van der Waals surface area contributed by atoms with Crippen LogP contribution in [0.5, 0.6) is 0 Å². The summed E-state index contributed by atoms with van der Waals surface area (Å²) >= 11 is 0. The molecule has 3 heteroatoms. The highest BCUT2D eigenvalue weighted by Gasteiger charge is 1.93. The fourth-order valence-corrected chi connectivity index (χ4v) is 1.34. The summed E-state index contributed by atoms with van der Waals surface area (Å²) in [6, 6.07) is 0. The van der Waals surface area contributed by atoms with E-state index in [1.807, 2.05) is 0 Å². The van der Waals surface area contributed by atoms with Gasteiger partial charge < -0.3 is 5.73 Å². The molecule has 2 N–H and O–H groups in total. The fraction of sp³-hybridized carbons (Fsp3) is 0.667. The van der Waals surface area contributed by atoms with Gasteiger partial charge in [0, 0.05) is 28.9 Å². The third kappa shape index (κ3) is 5.73. The predicted octanol–water partition coefficient (Wildman–Crippen LogP) is 0.270. The average Bonchev–Trinajstić information content (AvgIpc) is 1.85. The molecule has 0 spiro atoms. The second kappa shape index (κ2) is 5.98.